The van der Waals surface area contributed by atoms with Gasteiger partial charge >= 0.3 is 5.97 Å². The summed E-state index contributed by atoms with van der Waals surface area (Å²) in [5, 5.41) is 0.550. The van der Waals surface area contributed by atoms with E-state index in [0.29, 0.717) is 33.1 Å². The van der Waals surface area contributed by atoms with Crippen LogP contribution < -0.4 is 0 Å². The minimum Gasteiger partial charge on any atom is -0.464 e. The van der Waals surface area contributed by atoms with Crippen LogP contribution in [0.3, 0.4) is 0 Å². The van der Waals surface area contributed by atoms with Gasteiger partial charge in [0, 0.05) is 34.9 Å². The van der Waals surface area contributed by atoms with E-state index in [0.717, 1.165) is 12.8 Å². The van der Waals surface area contributed by atoms with Crippen molar-refractivity contribution in [1.29, 1.82) is 0 Å². The summed E-state index contributed by atoms with van der Waals surface area (Å²) < 4.78 is 6.53. The van der Waals surface area contributed by atoms with Crippen LogP contribution in [0.5, 0.6) is 0 Å². The van der Waals surface area contributed by atoms with E-state index in [1.54, 1.807) is 61.6 Å². The van der Waals surface area contributed by atoms with Crippen LogP contribution >= 0.6 is 11.6 Å². The number of Topliss-reactive ketones (excluding diaryl/α,β-unsaturated/α-hetero) is 1. The fraction of sp³-hybridized carbons (Fsp3) is 0.409. The second-order valence-corrected chi connectivity index (χ2v) is 7.91. The summed E-state index contributed by atoms with van der Waals surface area (Å²) >= 11 is 5.93. The van der Waals surface area contributed by atoms with Crippen molar-refractivity contribution in [3.63, 3.8) is 0 Å². The molecule has 1 aliphatic carbocycles. The van der Waals surface area contributed by atoms with Gasteiger partial charge in [-0.05, 0) is 63.4 Å². The van der Waals surface area contributed by atoms with Gasteiger partial charge in [-0.2, -0.15) is 0 Å². The highest BCUT2D eigenvalue weighted by Gasteiger charge is 2.40. The van der Waals surface area contributed by atoms with Gasteiger partial charge in [-0.1, -0.05) is 11.6 Å². The summed E-state index contributed by atoms with van der Waals surface area (Å²) in [7, 11) is 3.04. The average molecular weight is 417 g/mol. The number of hydrogen-bond donors (Lipinski definition) is 0. The van der Waals surface area contributed by atoms with Crippen LogP contribution in [0.25, 0.3) is 0 Å². The molecule has 0 aliphatic heterocycles. The standard InChI is InChI=1S/C22H25ClN2O4/c1-12-18(13(2)24(4)19(12)22(28)29-5)20(26)14(3)25(17-10-11-17)21(27)15-6-8-16(23)9-7-15/h6-9,14,17H,10-11H2,1-5H3. The van der Waals surface area contributed by atoms with Gasteiger partial charge in [0.15, 0.2) is 5.78 Å². The number of rotatable bonds is 6. The molecular weight excluding hydrogens is 392 g/mol. The van der Waals surface area contributed by atoms with Crippen molar-refractivity contribution in [2.75, 3.05) is 7.11 Å². The van der Waals surface area contributed by atoms with Gasteiger partial charge in [0.2, 0.25) is 0 Å². The summed E-state index contributed by atoms with van der Waals surface area (Å²) in [5.41, 5.74) is 2.56. The molecule has 1 saturated carbocycles. The predicted octanol–water partition coefficient (Wildman–Crippen LogP) is 3.96. The first-order chi connectivity index (χ1) is 13.7. The van der Waals surface area contributed by atoms with E-state index in [1.807, 2.05) is 0 Å². The fourth-order valence-corrected chi connectivity index (χ4v) is 3.94. The van der Waals surface area contributed by atoms with Crippen LogP contribution in [0.1, 0.15) is 62.2 Å². The van der Waals surface area contributed by atoms with Gasteiger partial charge < -0.3 is 14.2 Å². The Morgan fingerprint density at radius 3 is 2.28 bits per heavy atom. The molecule has 6 nitrogen and oxygen atoms in total. The maximum absolute atomic E-state index is 13.4. The number of esters is 1. The summed E-state index contributed by atoms with van der Waals surface area (Å²) in [6, 6.07) is 6.07. The quantitative estimate of drug-likeness (QED) is 0.528. The molecule has 1 aromatic heterocycles. The van der Waals surface area contributed by atoms with Gasteiger partial charge in [-0.15, -0.1) is 0 Å². The molecule has 0 saturated heterocycles. The van der Waals surface area contributed by atoms with Crippen LogP contribution in [0.15, 0.2) is 24.3 Å². The number of halogens is 1. The molecule has 1 fully saturated rings. The molecule has 1 atom stereocenters. The van der Waals surface area contributed by atoms with Gasteiger partial charge in [-0.3, -0.25) is 9.59 Å². The third kappa shape index (κ3) is 3.81. The largest absolute Gasteiger partial charge is 0.464 e. The highest BCUT2D eigenvalue weighted by Crippen LogP contribution is 2.33. The normalized spacial score (nSPS) is 14.4. The molecule has 1 heterocycles. The first kappa shape index (κ1) is 21.1. The first-order valence-electron chi connectivity index (χ1n) is 9.55. The van der Waals surface area contributed by atoms with Crippen molar-refractivity contribution in [2.45, 2.75) is 45.7 Å². The molecule has 1 aliphatic rings. The van der Waals surface area contributed by atoms with Crippen molar-refractivity contribution in [1.82, 2.24) is 9.47 Å². The Kier molecular flexibility index (Phi) is 5.85. The van der Waals surface area contributed by atoms with Crippen molar-refractivity contribution in [2.24, 2.45) is 7.05 Å². The molecule has 1 aromatic carbocycles. The van der Waals surface area contributed by atoms with Gasteiger partial charge in [0.05, 0.1) is 13.2 Å². The molecule has 7 heteroatoms. The fourth-order valence-electron chi connectivity index (χ4n) is 3.81. The zero-order valence-electron chi connectivity index (χ0n) is 17.3. The number of nitrogens with zero attached hydrogens (tertiary/aromatic N) is 2. The second kappa shape index (κ2) is 8.03. The molecule has 0 bridgehead atoms. The lowest BCUT2D eigenvalue weighted by molar-refractivity contribution is 0.0587. The molecule has 3 rings (SSSR count). The van der Waals surface area contributed by atoms with Crippen LogP contribution in [0.2, 0.25) is 5.02 Å². The maximum Gasteiger partial charge on any atom is 0.354 e. The monoisotopic (exact) mass is 416 g/mol. The second-order valence-electron chi connectivity index (χ2n) is 7.48. The van der Waals surface area contributed by atoms with Crippen molar-refractivity contribution < 1.29 is 19.1 Å². The van der Waals surface area contributed by atoms with Crippen molar-refractivity contribution in [3.05, 3.63) is 57.4 Å². The maximum atomic E-state index is 13.4. The molecule has 1 unspecified atom stereocenters. The smallest absolute Gasteiger partial charge is 0.354 e. The minimum atomic E-state index is -0.657. The number of methoxy groups -OCH3 is 1. The number of benzene rings is 1. The Bertz CT molecular complexity index is 974. The third-order valence-electron chi connectivity index (χ3n) is 5.62. The minimum absolute atomic E-state index is 0.0431. The number of carbonyl (C=O) groups is 3. The Hall–Kier alpha value is -2.60. The topological polar surface area (TPSA) is 68.6 Å². The lowest BCUT2D eigenvalue weighted by Crippen LogP contribution is -2.45. The number of amides is 1. The Balaban J connectivity index is 1.97. The van der Waals surface area contributed by atoms with Crippen LogP contribution in [-0.4, -0.2) is 46.3 Å². The van der Waals surface area contributed by atoms with E-state index in [-0.39, 0.29) is 17.7 Å². The lowest BCUT2D eigenvalue weighted by Gasteiger charge is -2.29. The molecule has 1 amide bonds. The first-order valence-corrected chi connectivity index (χ1v) is 9.93. The highest BCUT2D eigenvalue weighted by atomic mass is 35.5. The Labute approximate surface area is 175 Å². The van der Waals surface area contributed by atoms with Gasteiger partial charge in [-0.25, -0.2) is 4.79 Å². The Morgan fingerprint density at radius 1 is 1.17 bits per heavy atom. The van der Waals surface area contributed by atoms with Crippen molar-refractivity contribution in [3.8, 4) is 0 Å². The summed E-state index contributed by atoms with van der Waals surface area (Å²) in [4.78, 5) is 40.4. The summed E-state index contributed by atoms with van der Waals surface area (Å²) in [6.45, 7) is 5.28. The average Bonchev–Trinajstić information content (AvgIpc) is 3.49. The van der Waals surface area contributed by atoms with E-state index < -0.39 is 12.0 Å². The lowest BCUT2D eigenvalue weighted by atomic mass is 9.99. The SMILES string of the molecule is COC(=O)c1c(C)c(C(=O)C(C)N(C(=O)c2ccc(Cl)cc2)C2CC2)c(C)n1C. The third-order valence-corrected chi connectivity index (χ3v) is 5.87. The molecule has 29 heavy (non-hydrogen) atoms. The van der Waals surface area contributed by atoms with Gasteiger partial charge in [0.1, 0.15) is 5.69 Å². The van der Waals surface area contributed by atoms with Crippen LogP contribution in [0, 0.1) is 13.8 Å². The number of carbonyl (C=O) groups excluding carboxylic acids is 3. The Morgan fingerprint density at radius 2 is 1.76 bits per heavy atom. The molecular formula is C22H25ClN2O4. The number of hydrogen-bond acceptors (Lipinski definition) is 4. The van der Waals surface area contributed by atoms with Crippen LogP contribution in [-0.2, 0) is 11.8 Å². The molecule has 0 radical (unpaired) electrons. The number of aromatic nitrogens is 1. The van der Waals surface area contributed by atoms with E-state index in [4.69, 9.17) is 16.3 Å². The van der Waals surface area contributed by atoms with E-state index in [1.165, 1.54) is 7.11 Å². The van der Waals surface area contributed by atoms with E-state index in [9.17, 15) is 14.4 Å². The summed E-state index contributed by atoms with van der Waals surface area (Å²) in [6.07, 6.45) is 1.74. The molecule has 0 spiro atoms. The predicted molar refractivity (Wildman–Crippen MR) is 111 cm³/mol. The molecule has 2 aromatic rings. The van der Waals surface area contributed by atoms with Crippen LogP contribution in [0.4, 0.5) is 0 Å². The van der Waals surface area contributed by atoms with Crippen molar-refractivity contribution >= 4 is 29.3 Å². The van der Waals surface area contributed by atoms with E-state index in [2.05, 4.69) is 0 Å². The number of ketones is 1. The highest BCUT2D eigenvalue weighted by molar-refractivity contribution is 6.30. The molecule has 154 valence electrons. The summed E-state index contributed by atoms with van der Waals surface area (Å²) in [5.74, 6) is -0.861. The zero-order valence-corrected chi connectivity index (χ0v) is 18.0. The van der Waals surface area contributed by atoms with E-state index >= 15 is 0 Å². The number of ether oxygens (including phenoxy) is 1. The zero-order chi connectivity index (χ0) is 21.5. The molecule has 0 N–H and O–H groups in total. The van der Waals surface area contributed by atoms with Gasteiger partial charge in [0.25, 0.3) is 5.91 Å².